The van der Waals surface area contributed by atoms with Crippen LogP contribution < -0.4 is 4.90 Å². The van der Waals surface area contributed by atoms with Crippen LogP contribution in [0.25, 0.3) is 0 Å². The summed E-state index contributed by atoms with van der Waals surface area (Å²) in [5.41, 5.74) is 0.465. The van der Waals surface area contributed by atoms with E-state index in [0.717, 1.165) is 19.2 Å². The number of β-amino-alcohol motifs (C(OH)–C–C–N with tert-alkyl or cyclic N) is 1. The molecule has 0 aromatic carbocycles. The van der Waals surface area contributed by atoms with E-state index in [1.165, 1.54) is 6.07 Å². The van der Waals surface area contributed by atoms with Crippen molar-refractivity contribution < 1.29 is 14.6 Å². The number of aliphatic hydroxyl groups is 2. The zero-order chi connectivity index (χ0) is 12.4. The van der Waals surface area contributed by atoms with E-state index in [-0.39, 0.29) is 12.5 Å². The highest BCUT2D eigenvalue weighted by atomic mass is 19.1. The first-order valence-corrected chi connectivity index (χ1v) is 5.80. The van der Waals surface area contributed by atoms with E-state index in [0.29, 0.717) is 17.9 Å². The molecule has 0 bridgehead atoms. The molecule has 1 aromatic rings. The summed E-state index contributed by atoms with van der Waals surface area (Å²) in [6.45, 7) is 3.01. The zero-order valence-corrected chi connectivity index (χ0v) is 9.80. The molecule has 2 unspecified atom stereocenters. The van der Waals surface area contributed by atoms with Crippen LogP contribution in [0, 0.1) is 11.7 Å². The molecule has 2 N–H and O–H groups in total. The monoisotopic (exact) mass is 240 g/mol. The number of piperidine rings is 1. The number of pyridine rings is 1. The second kappa shape index (κ2) is 4.98. The number of rotatable bonds is 2. The Balaban J connectivity index is 2.22. The first-order valence-electron chi connectivity index (χ1n) is 5.80. The van der Waals surface area contributed by atoms with E-state index in [1.807, 2.05) is 11.8 Å². The van der Waals surface area contributed by atoms with Crippen molar-refractivity contribution in [1.82, 2.24) is 4.98 Å². The van der Waals surface area contributed by atoms with E-state index >= 15 is 0 Å². The van der Waals surface area contributed by atoms with Gasteiger partial charge in [-0.25, -0.2) is 9.37 Å². The molecule has 2 heterocycles. The van der Waals surface area contributed by atoms with Crippen LogP contribution in [0.3, 0.4) is 0 Å². The van der Waals surface area contributed by atoms with Gasteiger partial charge in [0.1, 0.15) is 11.6 Å². The van der Waals surface area contributed by atoms with Gasteiger partial charge >= 0.3 is 0 Å². The lowest BCUT2D eigenvalue weighted by atomic mass is 9.96. The largest absolute Gasteiger partial charge is 0.392 e. The molecule has 94 valence electrons. The highest BCUT2D eigenvalue weighted by molar-refractivity contribution is 5.47. The van der Waals surface area contributed by atoms with Gasteiger partial charge in [0.05, 0.1) is 18.9 Å². The summed E-state index contributed by atoms with van der Waals surface area (Å²) in [6.07, 6.45) is 1.60. The van der Waals surface area contributed by atoms with Gasteiger partial charge in [-0.05, 0) is 18.4 Å². The summed E-state index contributed by atoms with van der Waals surface area (Å²) >= 11 is 0. The second-order valence-corrected chi connectivity index (χ2v) is 4.57. The summed E-state index contributed by atoms with van der Waals surface area (Å²) in [5.74, 6) is 0.382. The zero-order valence-electron chi connectivity index (χ0n) is 9.80. The van der Waals surface area contributed by atoms with Crippen LogP contribution in [0.4, 0.5) is 10.2 Å². The van der Waals surface area contributed by atoms with E-state index in [4.69, 9.17) is 0 Å². The van der Waals surface area contributed by atoms with Crippen LogP contribution in [-0.2, 0) is 6.61 Å². The third kappa shape index (κ3) is 2.56. The first-order chi connectivity index (χ1) is 8.11. The molecule has 4 nitrogen and oxygen atoms in total. The third-order valence-electron chi connectivity index (χ3n) is 3.30. The van der Waals surface area contributed by atoms with Gasteiger partial charge in [-0.15, -0.1) is 0 Å². The van der Waals surface area contributed by atoms with E-state index < -0.39 is 11.9 Å². The average molecular weight is 240 g/mol. The molecule has 2 atom stereocenters. The fourth-order valence-corrected chi connectivity index (χ4v) is 2.12. The van der Waals surface area contributed by atoms with Gasteiger partial charge in [0.25, 0.3) is 0 Å². The van der Waals surface area contributed by atoms with Crippen LogP contribution >= 0.6 is 0 Å². The predicted octanol–water partition coefficient (Wildman–Crippen LogP) is 0.920. The normalized spacial score (nSPS) is 25.1. The van der Waals surface area contributed by atoms with Crippen molar-refractivity contribution in [3.63, 3.8) is 0 Å². The summed E-state index contributed by atoms with van der Waals surface area (Å²) in [6, 6.07) is 1.28. The molecule has 2 rings (SSSR count). The molecule has 5 heteroatoms. The van der Waals surface area contributed by atoms with Crippen LogP contribution in [0.1, 0.15) is 18.9 Å². The van der Waals surface area contributed by atoms with Crippen molar-refractivity contribution in [2.75, 3.05) is 18.0 Å². The molecule has 0 spiro atoms. The Kier molecular flexibility index (Phi) is 3.59. The molecule has 17 heavy (non-hydrogen) atoms. The SMILES string of the molecule is CC1CCN(c2ncc(F)cc2CO)CC1O. The standard InChI is InChI=1S/C12H17FN2O2/c1-8-2-3-15(6-11(8)17)12-9(7-16)4-10(13)5-14-12/h4-5,8,11,16-17H,2-3,6-7H2,1H3. The van der Waals surface area contributed by atoms with Crippen molar-refractivity contribution >= 4 is 5.82 Å². The average Bonchev–Trinajstić information content (AvgIpc) is 2.32. The van der Waals surface area contributed by atoms with Crippen molar-refractivity contribution in [1.29, 1.82) is 0 Å². The smallest absolute Gasteiger partial charge is 0.142 e. The molecule has 1 aliphatic rings. The second-order valence-electron chi connectivity index (χ2n) is 4.57. The third-order valence-corrected chi connectivity index (χ3v) is 3.30. The summed E-state index contributed by atoms with van der Waals surface area (Å²) in [4.78, 5) is 5.91. The highest BCUT2D eigenvalue weighted by Gasteiger charge is 2.26. The Bertz CT molecular complexity index is 400. The van der Waals surface area contributed by atoms with Gasteiger partial charge in [0.2, 0.25) is 0 Å². The number of aliphatic hydroxyl groups excluding tert-OH is 2. The summed E-state index contributed by atoms with van der Waals surface area (Å²) in [5, 5.41) is 19.0. The molecule has 1 aliphatic heterocycles. The number of anilines is 1. The van der Waals surface area contributed by atoms with Crippen molar-refractivity contribution in [2.45, 2.75) is 26.1 Å². The van der Waals surface area contributed by atoms with Crippen molar-refractivity contribution in [3.05, 3.63) is 23.6 Å². The minimum atomic E-state index is -0.455. The number of halogens is 1. The lowest BCUT2D eigenvalue weighted by Gasteiger charge is -2.35. The summed E-state index contributed by atoms with van der Waals surface area (Å²) < 4.78 is 13.0. The van der Waals surface area contributed by atoms with Gasteiger partial charge in [0.15, 0.2) is 0 Å². The Hall–Kier alpha value is -1.20. The van der Waals surface area contributed by atoms with Crippen molar-refractivity contribution in [2.24, 2.45) is 5.92 Å². The fraction of sp³-hybridized carbons (Fsp3) is 0.583. The lowest BCUT2D eigenvalue weighted by molar-refractivity contribution is 0.102. The highest BCUT2D eigenvalue weighted by Crippen LogP contribution is 2.25. The quantitative estimate of drug-likeness (QED) is 0.807. The Morgan fingerprint density at radius 3 is 3.00 bits per heavy atom. The van der Waals surface area contributed by atoms with Crippen LogP contribution in [0.5, 0.6) is 0 Å². The van der Waals surface area contributed by atoms with Gasteiger partial charge in [-0.3, -0.25) is 0 Å². The van der Waals surface area contributed by atoms with E-state index in [2.05, 4.69) is 4.98 Å². The molecule has 1 fully saturated rings. The van der Waals surface area contributed by atoms with Crippen LogP contribution in [0.2, 0.25) is 0 Å². The number of aromatic nitrogens is 1. The molecule has 0 saturated carbocycles. The molecule has 0 amide bonds. The number of hydrogen-bond acceptors (Lipinski definition) is 4. The topological polar surface area (TPSA) is 56.6 Å². The fourth-order valence-electron chi connectivity index (χ4n) is 2.12. The molecule has 0 aliphatic carbocycles. The lowest BCUT2D eigenvalue weighted by Crippen LogP contribution is -2.43. The maximum Gasteiger partial charge on any atom is 0.142 e. The maximum absolute atomic E-state index is 13.0. The molecule has 1 saturated heterocycles. The number of hydrogen-bond donors (Lipinski definition) is 2. The Morgan fingerprint density at radius 2 is 2.35 bits per heavy atom. The van der Waals surface area contributed by atoms with E-state index in [1.54, 1.807) is 0 Å². The molecule has 0 radical (unpaired) electrons. The van der Waals surface area contributed by atoms with Crippen molar-refractivity contribution in [3.8, 4) is 0 Å². The molecular formula is C12H17FN2O2. The van der Waals surface area contributed by atoms with Crippen LogP contribution in [-0.4, -0.2) is 34.4 Å². The van der Waals surface area contributed by atoms with Crippen LogP contribution in [0.15, 0.2) is 12.3 Å². The van der Waals surface area contributed by atoms with Gasteiger partial charge < -0.3 is 15.1 Å². The minimum Gasteiger partial charge on any atom is -0.392 e. The van der Waals surface area contributed by atoms with Gasteiger partial charge in [-0.2, -0.15) is 0 Å². The number of nitrogens with zero attached hydrogens (tertiary/aromatic N) is 2. The van der Waals surface area contributed by atoms with Gasteiger partial charge in [-0.1, -0.05) is 6.92 Å². The van der Waals surface area contributed by atoms with Gasteiger partial charge in [0, 0.05) is 18.7 Å². The molecule has 1 aromatic heterocycles. The first kappa shape index (κ1) is 12.3. The summed E-state index contributed by atoms with van der Waals surface area (Å²) in [7, 11) is 0. The van der Waals surface area contributed by atoms with E-state index in [9.17, 15) is 14.6 Å². The predicted molar refractivity (Wildman–Crippen MR) is 62.1 cm³/mol. The Morgan fingerprint density at radius 1 is 1.59 bits per heavy atom. The maximum atomic E-state index is 13.0. The minimum absolute atomic E-state index is 0.248. The Labute approximate surface area is 99.7 Å². The molecular weight excluding hydrogens is 223 g/mol.